The van der Waals surface area contributed by atoms with Crippen molar-refractivity contribution in [1.82, 2.24) is 5.32 Å². The summed E-state index contributed by atoms with van der Waals surface area (Å²) in [4.78, 5) is 28.0. The number of para-hydroxylation sites is 1. The maximum absolute atomic E-state index is 13.3. The number of rotatable bonds is 6. The summed E-state index contributed by atoms with van der Waals surface area (Å²) in [6.07, 6.45) is -2.60. The molecule has 0 saturated carbocycles. The summed E-state index contributed by atoms with van der Waals surface area (Å²) < 4.78 is 39.9. The zero-order valence-electron chi connectivity index (χ0n) is 20.4. The number of urea groups is 1. The number of hydrogen-bond acceptors (Lipinski definition) is 3. The molecule has 1 saturated heterocycles. The SMILES string of the molecule is CC1CCN(c2ccc(NC(=O)Nc3ccccc3C(F)(F)F)cc2C(=O)NCc2ccccc2)CC1. The van der Waals surface area contributed by atoms with E-state index in [0.717, 1.165) is 43.2 Å². The molecule has 0 atom stereocenters. The minimum atomic E-state index is -4.61. The fraction of sp³-hybridized carbons (Fsp3) is 0.286. The Hall–Kier alpha value is -4.01. The van der Waals surface area contributed by atoms with Crippen molar-refractivity contribution >= 4 is 29.0 Å². The lowest BCUT2D eigenvalue weighted by atomic mass is 9.97. The summed E-state index contributed by atoms with van der Waals surface area (Å²) in [7, 11) is 0. The highest BCUT2D eigenvalue weighted by molar-refractivity contribution is 6.04. The fourth-order valence-electron chi connectivity index (χ4n) is 4.32. The molecular formula is C28H29F3N4O2. The van der Waals surface area contributed by atoms with E-state index >= 15 is 0 Å². The largest absolute Gasteiger partial charge is 0.418 e. The van der Waals surface area contributed by atoms with Crippen LogP contribution in [0.15, 0.2) is 72.8 Å². The van der Waals surface area contributed by atoms with E-state index in [9.17, 15) is 22.8 Å². The zero-order chi connectivity index (χ0) is 26.4. The highest BCUT2D eigenvalue weighted by Gasteiger charge is 2.33. The number of nitrogens with zero attached hydrogens (tertiary/aromatic N) is 1. The summed E-state index contributed by atoms with van der Waals surface area (Å²) >= 11 is 0. The second-order valence-corrected chi connectivity index (χ2v) is 9.19. The molecular weight excluding hydrogens is 481 g/mol. The summed E-state index contributed by atoms with van der Waals surface area (Å²) in [5, 5.41) is 7.75. The van der Waals surface area contributed by atoms with Crippen LogP contribution in [-0.4, -0.2) is 25.0 Å². The van der Waals surface area contributed by atoms with Crippen LogP contribution in [0.3, 0.4) is 0 Å². The Morgan fingerprint density at radius 3 is 2.30 bits per heavy atom. The summed E-state index contributed by atoms with van der Waals surface area (Å²) in [6.45, 7) is 4.15. The van der Waals surface area contributed by atoms with Gasteiger partial charge in [0.2, 0.25) is 0 Å². The first-order chi connectivity index (χ1) is 17.7. The molecule has 0 unspecified atom stereocenters. The van der Waals surface area contributed by atoms with Gasteiger partial charge in [0.15, 0.2) is 0 Å². The molecule has 3 N–H and O–H groups in total. The third-order valence-corrected chi connectivity index (χ3v) is 6.40. The zero-order valence-corrected chi connectivity index (χ0v) is 20.4. The van der Waals surface area contributed by atoms with Gasteiger partial charge in [0.05, 0.1) is 16.8 Å². The maximum Gasteiger partial charge on any atom is 0.418 e. The van der Waals surface area contributed by atoms with Crippen molar-refractivity contribution in [2.75, 3.05) is 28.6 Å². The van der Waals surface area contributed by atoms with Gasteiger partial charge in [-0.3, -0.25) is 4.79 Å². The Morgan fingerprint density at radius 2 is 1.59 bits per heavy atom. The Kier molecular flexibility index (Phi) is 8.01. The average Bonchev–Trinajstić information content (AvgIpc) is 2.88. The number of anilines is 3. The molecule has 1 fully saturated rings. The van der Waals surface area contributed by atoms with E-state index in [4.69, 9.17) is 0 Å². The van der Waals surface area contributed by atoms with Crippen LogP contribution in [0.5, 0.6) is 0 Å². The van der Waals surface area contributed by atoms with E-state index in [1.165, 1.54) is 18.2 Å². The molecule has 3 aromatic carbocycles. The molecule has 9 heteroatoms. The van der Waals surface area contributed by atoms with Crippen molar-refractivity contribution in [3.8, 4) is 0 Å². The van der Waals surface area contributed by atoms with Crippen molar-refractivity contribution in [1.29, 1.82) is 0 Å². The van der Waals surface area contributed by atoms with E-state index in [1.807, 2.05) is 30.3 Å². The van der Waals surface area contributed by atoms with Crippen LogP contribution in [-0.2, 0) is 12.7 Å². The molecule has 0 aliphatic carbocycles. The van der Waals surface area contributed by atoms with Gasteiger partial charge in [-0.1, -0.05) is 49.4 Å². The van der Waals surface area contributed by atoms with Gasteiger partial charge in [-0.15, -0.1) is 0 Å². The predicted octanol–water partition coefficient (Wildman–Crippen LogP) is 6.52. The van der Waals surface area contributed by atoms with Crippen LogP contribution in [0.4, 0.5) is 35.0 Å². The Morgan fingerprint density at radius 1 is 0.919 bits per heavy atom. The number of amides is 3. The quantitative estimate of drug-likeness (QED) is 0.354. The lowest BCUT2D eigenvalue weighted by molar-refractivity contribution is -0.136. The summed E-state index contributed by atoms with van der Waals surface area (Å²) in [5.41, 5.74) is 1.08. The monoisotopic (exact) mass is 510 g/mol. The lowest BCUT2D eigenvalue weighted by Gasteiger charge is -2.33. The van der Waals surface area contributed by atoms with E-state index < -0.39 is 17.8 Å². The number of carbonyl (C=O) groups is 2. The van der Waals surface area contributed by atoms with E-state index in [2.05, 4.69) is 27.8 Å². The third-order valence-electron chi connectivity index (χ3n) is 6.40. The normalized spacial score (nSPS) is 14.2. The average molecular weight is 511 g/mol. The number of nitrogens with one attached hydrogen (secondary N) is 3. The second kappa shape index (κ2) is 11.4. The van der Waals surface area contributed by atoms with Gasteiger partial charge in [-0.05, 0) is 54.7 Å². The Bertz CT molecular complexity index is 1240. The minimum Gasteiger partial charge on any atom is -0.371 e. The highest BCUT2D eigenvalue weighted by atomic mass is 19.4. The predicted molar refractivity (Wildman–Crippen MR) is 139 cm³/mol. The van der Waals surface area contributed by atoms with Gasteiger partial charge in [-0.25, -0.2) is 4.79 Å². The standard InChI is InChI=1S/C28H29F3N4O2/c1-19-13-15-35(16-14-19)25-12-11-21(17-22(25)26(36)32-18-20-7-3-2-4-8-20)33-27(37)34-24-10-6-5-9-23(24)28(29,30)31/h2-12,17,19H,13-16,18H2,1H3,(H,32,36)(H2,33,34,37). The van der Waals surface area contributed by atoms with Gasteiger partial charge in [0.1, 0.15) is 0 Å². The van der Waals surface area contributed by atoms with Crippen molar-refractivity contribution in [2.24, 2.45) is 5.92 Å². The van der Waals surface area contributed by atoms with Crippen LogP contribution >= 0.6 is 0 Å². The number of alkyl halides is 3. The number of halogens is 3. The number of benzene rings is 3. The molecule has 37 heavy (non-hydrogen) atoms. The van der Waals surface area contributed by atoms with Gasteiger partial charge in [0.25, 0.3) is 5.91 Å². The fourth-order valence-corrected chi connectivity index (χ4v) is 4.32. The van der Waals surface area contributed by atoms with Crippen molar-refractivity contribution in [3.05, 3.63) is 89.5 Å². The number of carbonyl (C=O) groups excluding carboxylic acids is 2. The number of hydrogen-bond donors (Lipinski definition) is 3. The van der Waals surface area contributed by atoms with Crippen molar-refractivity contribution in [2.45, 2.75) is 32.5 Å². The topological polar surface area (TPSA) is 73.5 Å². The smallest absolute Gasteiger partial charge is 0.371 e. The highest BCUT2D eigenvalue weighted by Crippen LogP contribution is 2.35. The molecule has 3 amide bonds. The van der Waals surface area contributed by atoms with E-state index in [1.54, 1.807) is 18.2 Å². The minimum absolute atomic E-state index is 0.293. The second-order valence-electron chi connectivity index (χ2n) is 9.19. The van der Waals surface area contributed by atoms with Crippen LogP contribution in [0, 0.1) is 5.92 Å². The van der Waals surface area contributed by atoms with Crippen LogP contribution < -0.4 is 20.9 Å². The third kappa shape index (κ3) is 6.81. The summed E-state index contributed by atoms with van der Waals surface area (Å²) in [6, 6.07) is 18.4. The maximum atomic E-state index is 13.3. The molecule has 194 valence electrons. The van der Waals surface area contributed by atoms with Gasteiger partial charge >= 0.3 is 12.2 Å². The van der Waals surface area contributed by atoms with E-state index in [-0.39, 0.29) is 11.6 Å². The molecule has 0 bridgehead atoms. The van der Waals surface area contributed by atoms with Crippen LogP contribution in [0.25, 0.3) is 0 Å². The van der Waals surface area contributed by atoms with Gasteiger partial charge in [0, 0.05) is 31.0 Å². The molecule has 0 aromatic heterocycles. The van der Waals surface area contributed by atoms with E-state index in [0.29, 0.717) is 23.7 Å². The molecule has 6 nitrogen and oxygen atoms in total. The van der Waals surface area contributed by atoms with Gasteiger partial charge < -0.3 is 20.9 Å². The van der Waals surface area contributed by atoms with Gasteiger partial charge in [-0.2, -0.15) is 13.2 Å². The molecule has 1 aliphatic rings. The first kappa shape index (κ1) is 26.1. The number of piperidine rings is 1. The molecule has 1 aliphatic heterocycles. The van der Waals surface area contributed by atoms with Crippen molar-refractivity contribution in [3.63, 3.8) is 0 Å². The van der Waals surface area contributed by atoms with Crippen LogP contribution in [0.1, 0.15) is 41.3 Å². The lowest BCUT2D eigenvalue weighted by Crippen LogP contribution is -2.35. The van der Waals surface area contributed by atoms with Crippen LogP contribution in [0.2, 0.25) is 0 Å². The van der Waals surface area contributed by atoms with Crippen molar-refractivity contribution < 1.29 is 22.8 Å². The molecule has 0 radical (unpaired) electrons. The molecule has 4 rings (SSSR count). The molecule has 3 aromatic rings. The Balaban J connectivity index is 1.54. The molecule has 1 heterocycles. The Labute approximate surface area is 213 Å². The summed E-state index contributed by atoms with van der Waals surface area (Å²) in [5.74, 6) is 0.305. The first-order valence-electron chi connectivity index (χ1n) is 12.2. The first-order valence-corrected chi connectivity index (χ1v) is 12.2. The molecule has 0 spiro atoms.